The summed E-state index contributed by atoms with van der Waals surface area (Å²) in [7, 11) is -1.81. The fraction of sp³-hybridized carbons (Fsp3) is 0.600. The fourth-order valence-electron chi connectivity index (χ4n) is 2.77. The molecule has 1 aliphatic heterocycles. The first-order chi connectivity index (χ1) is 9.90. The molecule has 21 heavy (non-hydrogen) atoms. The normalized spacial score (nSPS) is 20.1. The van der Waals surface area contributed by atoms with Crippen LogP contribution in [0.25, 0.3) is 0 Å². The lowest BCUT2D eigenvalue weighted by molar-refractivity contribution is 0.157. The quantitative estimate of drug-likeness (QED) is 0.779. The Balaban J connectivity index is 2.34. The van der Waals surface area contributed by atoms with Gasteiger partial charge in [0.1, 0.15) is 0 Å². The number of benzene rings is 1. The van der Waals surface area contributed by atoms with Gasteiger partial charge in [-0.2, -0.15) is 4.31 Å². The van der Waals surface area contributed by atoms with Gasteiger partial charge >= 0.3 is 0 Å². The number of nitrogens with zero attached hydrogens (tertiary/aromatic N) is 1. The third kappa shape index (κ3) is 3.42. The van der Waals surface area contributed by atoms with Crippen molar-refractivity contribution in [2.45, 2.75) is 31.0 Å². The number of alkyl halides is 1. The SMILES string of the molecule is COCC1CCN(S(=O)(=O)c2cc(CCl)cc(C)c2C)C1. The molecule has 1 fully saturated rings. The zero-order chi connectivity index (χ0) is 15.6. The molecular weight excluding hydrogens is 310 g/mol. The van der Waals surface area contributed by atoms with Gasteiger partial charge in [0.15, 0.2) is 0 Å². The Kier molecular flexibility index (Phi) is 5.30. The first-order valence-corrected chi connectivity index (χ1v) is 9.02. The molecule has 0 N–H and O–H groups in total. The number of sulfonamides is 1. The number of rotatable bonds is 5. The first kappa shape index (κ1) is 16.7. The van der Waals surface area contributed by atoms with Gasteiger partial charge in [-0.1, -0.05) is 6.07 Å². The molecule has 118 valence electrons. The molecular formula is C15H22ClNO3S. The smallest absolute Gasteiger partial charge is 0.243 e. The molecule has 0 bridgehead atoms. The minimum Gasteiger partial charge on any atom is -0.384 e. The third-order valence-electron chi connectivity index (χ3n) is 4.10. The Morgan fingerprint density at radius 2 is 2.10 bits per heavy atom. The average molecular weight is 332 g/mol. The van der Waals surface area contributed by atoms with Crippen molar-refractivity contribution in [3.05, 3.63) is 28.8 Å². The lowest BCUT2D eigenvalue weighted by Gasteiger charge is -2.19. The highest BCUT2D eigenvalue weighted by Gasteiger charge is 2.33. The molecule has 0 aromatic heterocycles. The molecule has 0 aliphatic carbocycles. The van der Waals surface area contributed by atoms with Crippen molar-refractivity contribution in [3.8, 4) is 0 Å². The molecule has 1 heterocycles. The van der Waals surface area contributed by atoms with Gasteiger partial charge in [0.05, 0.1) is 11.5 Å². The Morgan fingerprint density at radius 3 is 2.71 bits per heavy atom. The van der Waals surface area contributed by atoms with Gasteiger partial charge in [0.25, 0.3) is 0 Å². The molecule has 6 heteroatoms. The summed E-state index contributed by atoms with van der Waals surface area (Å²) < 4.78 is 32.4. The monoisotopic (exact) mass is 331 g/mol. The zero-order valence-corrected chi connectivity index (χ0v) is 14.3. The number of hydrogen-bond donors (Lipinski definition) is 0. The van der Waals surface area contributed by atoms with Crippen molar-refractivity contribution >= 4 is 21.6 Å². The highest BCUT2D eigenvalue weighted by atomic mass is 35.5. The largest absolute Gasteiger partial charge is 0.384 e. The van der Waals surface area contributed by atoms with Crippen LogP contribution < -0.4 is 0 Å². The van der Waals surface area contributed by atoms with Gasteiger partial charge in [0.2, 0.25) is 10.0 Å². The summed E-state index contributed by atoms with van der Waals surface area (Å²) in [4.78, 5) is 0.385. The van der Waals surface area contributed by atoms with E-state index in [-0.39, 0.29) is 5.92 Å². The van der Waals surface area contributed by atoms with Gasteiger partial charge in [0, 0.05) is 26.1 Å². The van der Waals surface area contributed by atoms with Crippen molar-refractivity contribution < 1.29 is 13.2 Å². The summed E-state index contributed by atoms with van der Waals surface area (Å²) in [6.07, 6.45) is 0.848. The van der Waals surface area contributed by atoms with Gasteiger partial charge in [-0.3, -0.25) is 0 Å². The third-order valence-corrected chi connectivity index (χ3v) is 6.40. The van der Waals surface area contributed by atoms with Crippen LogP contribution in [0.4, 0.5) is 0 Å². The van der Waals surface area contributed by atoms with Gasteiger partial charge < -0.3 is 4.74 Å². The summed E-state index contributed by atoms with van der Waals surface area (Å²) in [5.74, 6) is 0.595. The maximum Gasteiger partial charge on any atom is 0.243 e. The van der Waals surface area contributed by atoms with E-state index in [2.05, 4.69) is 0 Å². The van der Waals surface area contributed by atoms with E-state index in [9.17, 15) is 8.42 Å². The van der Waals surface area contributed by atoms with Crippen LogP contribution in [0.1, 0.15) is 23.1 Å². The van der Waals surface area contributed by atoms with E-state index in [0.717, 1.165) is 23.1 Å². The van der Waals surface area contributed by atoms with Crippen molar-refractivity contribution in [3.63, 3.8) is 0 Å². The van der Waals surface area contributed by atoms with E-state index >= 15 is 0 Å². The fourth-order valence-corrected chi connectivity index (χ4v) is 4.80. The Hall–Kier alpha value is -0.620. The highest BCUT2D eigenvalue weighted by molar-refractivity contribution is 7.89. The predicted molar refractivity (Wildman–Crippen MR) is 84.2 cm³/mol. The molecule has 4 nitrogen and oxygen atoms in total. The summed E-state index contributed by atoms with van der Waals surface area (Å²) in [6.45, 7) is 5.45. The van der Waals surface area contributed by atoms with Crippen LogP contribution in [-0.2, 0) is 20.6 Å². The molecule has 1 aromatic rings. The molecule has 0 saturated carbocycles. The second kappa shape index (κ2) is 6.65. The molecule has 1 aromatic carbocycles. The lowest BCUT2D eigenvalue weighted by atomic mass is 10.1. The minimum atomic E-state index is -3.46. The van der Waals surface area contributed by atoms with Crippen LogP contribution in [0, 0.1) is 19.8 Å². The topological polar surface area (TPSA) is 46.6 Å². The molecule has 1 aliphatic rings. The maximum atomic E-state index is 12.9. The predicted octanol–water partition coefficient (Wildman–Crippen LogP) is 2.70. The van der Waals surface area contributed by atoms with E-state index in [4.69, 9.17) is 16.3 Å². The van der Waals surface area contributed by atoms with Gasteiger partial charge in [-0.25, -0.2) is 8.42 Å². The summed E-state index contributed by atoms with van der Waals surface area (Å²) in [6, 6.07) is 3.65. The zero-order valence-electron chi connectivity index (χ0n) is 12.7. The minimum absolute atomic E-state index is 0.280. The summed E-state index contributed by atoms with van der Waals surface area (Å²) >= 11 is 5.87. The lowest BCUT2D eigenvalue weighted by Crippen LogP contribution is -2.30. The molecule has 1 saturated heterocycles. The second-order valence-corrected chi connectivity index (χ2v) is 7.82. The van der Waals surface area contributed by atoms with Crippen LogP contribution >= 0.6 is 11.6 Å². The van der Waals surface area contributed by atoms with E-state index < -0.39 is 10.0 Å². The van der Waals surface area contributed by atoms with Crippen LogP contribution in [0.15, 0.2) is 17.0 Å². The molecule has 1 atom stereocenters. The number of ether oxygens (including phenoxy) is 1. The van der Waals surface area contributed by atoms with E-state index in [1.54, 1.807) is 17.5 Å². The first-order valence-electron chi connectivity index (χ1n) is 7.05. The van der Waals surface area contributed by atoms with Crippen molar-refractivity contribution in [1.29, 1.82) is 0 Å². The van der Waals surface area contributed by atoms with Crippen LogP contribution in [0.3, 0.4) is 0 Å². The van der Waals surface area contributed by atoms with Gasteiger partial charge in [-0.15, -0.1) is 11.6 Å². The highest BCUT2D eigenvalue weighted by Crippen LogP contribution is 2.29. The average Bonchev–Trinajstić information content (AvgIpc) is 2.91. The Labute approximate surface area is 132 Å². The van der Waals surface area contributed by atoms with Crippen molar-refractivity contribution in [2.75, 3.05) is 26.8 Å². The second-order valence-electron chi connectivity index (χ2n) is 5.64. The summed E-state index contributed by atoms with van der Waals surface area (Å²) in [5.41, 5.74) is 2.60. The van der Waals surface area contributed by atoms with Crippen LogP contribution in [-0.4, -0.2) is 39.5 Å². The molecule has 0 amide bonds. The molecule has 0 spiro atoms. The van der Waals surface area contributed by atoms with E-state index in [0.29, 0.717) is 30.5 Å². The molecule has 2 rings (SSSR count). The number of aryl methyl sites for hydroxylation is 1. The Morgan fingerprint density at radius 1 is 1.38 bits per heavy atom. The number of halogens is 1. The Bertz CT molecular complexity index is 616. The van der Waals surface area contributed by atoms with Crippen molar-refractivity contribution in [1.82, 2.24) is 4.31 Å². The van der Waals surface area contributed by atoms with Crippen LogP contribution in [0.2, 0.25) is 0 Å². The molecule has 1 unspecified atom stereocenters. The standard InChI is InChI=1S/C15H22ClNO3S/c1-11-6-14(8-16)7-15(12(11)2)21(18,19)17-5-4-13(9-17)10-20-3/h6-7,13H,4-5,8-10H2,1-3H3. The summed E-state index contributed by atoms with van der Waals surface area (Å²) in [5, 5.41) is 0. The van der Waals surface area contributed by atoms with E-state index in [1.807, 2.05) is 19.9 Å². The van der Waals surface area contributed by atoms with Crippen molar-refractivity contribution in [2.24, 2.45) is 5.92 Å². The van der Waals surface area contributed by atoms with Gasteiger partial charge in [-0.05, 0) is 48.9 Å². The van der Waals surface area contributed by atoms with Crippen LogP contribution in [0.5, 0.6) is 0 Å². The van der Waals surface area contributed by atoms with E-state index in [1.165, 1.54) is 0 Å². The number of methoxy groups -OCH3 is 1. The maximum absolute atomic E-state index is 12.9. The molecule has 0 radical (unpaired) electrons. The number of hydrogen-bond acceptors (Lipinski definition) is 3.